The Hall–Kier alpha value is 1.80. The summed E-state index contributed by atoms with van der Waals surface area (Å²) in [6, 6.07) is 0. The Kier molecular flexibility index (Phi) is 4.35. The summed E-state index contributed by atoms with van der Waals surface area (Å²) in [5, 5.41) is 0. The van der Waals surface area contributed by atoms with Gasteiger partial charge in [-0.05, 0) is 0 Å². The Morgan fingerprint density at radius 2 is 1.00 bits per heavy atom. The van der Waals surface area contributed by atoms with E-state index in [1.165, 1.54) is 0 Å². The fourth-order valence-corrected chi connectivity index (χ4v) is 0. The summed E-state index contributed by atoms with van der Waals surface area (Å²) in [4.78, 5) is 0. The summed E-state index contributed by atoms with van der Waals surface area (Å²) in [5.41, 5.74) is 0. The monoisotopic (exact) mass is 152 g/mol. The molecular formula is CoP3. The van der Waals surface area contributed by atoms with Gasteiger partial charge in [-0.1, -0.05) is 0 Å². The van der Waals surface area contributed by atoms with E-state index < -0.39 is 10.3 Å². The third kappa shape index (κ3) is 9.20. The van der Waals surface area contributed by atoms with Crippen LogP contribution in [0.4, 0.5) is 0 Å². The predicted octanol–water partition coefficient (Wildman–Crippen LogP) is 2.58. The quantitative estimate of drug-likeness (QED) is 0.467. The van der Waals surface area contributed by atoms with Gasteiger partial charge in [0.2, 0.25) is 0 Å². The van der Waals surface area contributed by atoms with E-state index in [0.29, 0.717) is 0 Å². The Labute approximate surface area is 32.7 Å². The molecule has 0 aromatic carbocycles. The van der Waals surface area contributed by atoms with Crippen molar-refractivity contribution < 1.29 is 10.3 Å². The second-order valence-corrected chi connectivity index (χ2v) is 7.42. The zero-order valence-electron chi connectivity index (χ0n) is 1.67. The molecule has 0 saturated heterocycles. The van der Waals surface area contributed by atoms with Crippen molar-refractivity contribution in [3.05, 3.63) is 0 Å². The van der Waals surface area contributed by atoms with Crippen LogP contribution in [0, 0.1) is 0 Å². The second-order valence-electron chi connectivity index (χ2n) is 0.200. The zero-order valence-corrected chi connectivity index (χ0v) is 5.40. The van der Waals surface area contributed by atoms with E-state index in [1.54, 1.807) is 0 Å². The normalized spacial score (nSPS) is 5.25. The maximum absolute atomic E-state index is 3.76. The molecule has 0 aliphatic carbocycles. The summed E-state index contributed by atoms with van der Waals surface area (Å²) in [7, 11) is 10.8. The fraction of sp³-hybridized carbons (Fsp3) is 0. The van der Waals surface area contributed by atoms with Crippen molar-refractivity contribution in [1.82, 2.24) is 0 Å². The molecule has 0 spiro atoms. The van der Waals surface area contributed by atoms with E-state index in [4.69, 9.17) is 0 Å². The van der Waals surface area contributed by atoms with Gasteiger partial charge in [0.15, 0.2) is 0 Å². The first-order valence-corrected chi connectivity index (χ1v) is 5.53. The van der Waals surface area contributed by atoms with Crippen LogP contribution in [0.1, 0.15) is 0 Å². The molecule has 0 amide bonds. The molecule has 0 radical (unpaired) electrons. The van der Waals surface area contributed by atoms with Gasteiger partial charge >= 0.3 is 32.2 Å². The van der Waals surface area contributed by atoms with Crippen LogP contribution in [-0.4, -0.2) is 0 Å². The van der Waals surface area contributed by atoms with Crippen LogP contribution >= 0.6 is 22.0 Å². The van der Waals surface area contributed by atoms with Crippen molar-refractivity contribution in [3.63, 3.8) is 0 Å². The van der Waals surface area contributed by atoms with Crippen LogP contribution in [-0.2, 0) is 10.3 Å². The minimum absolute atomic E-state index is 0.521. The van der Waals surface area contributed by atoms with Crippen LogP contribution in [0.25, 0.3) is 0 Å². The van der Waals surface area contributed by atoms with Crippen molar-refractivity contribution in [2.75, 3.05) is 0 Å². The van der Waals surface area contributed by atoms with Crippen molar-refractivity contribution in [1.29, 1.82) is 0 Å². The van der Waals surface area contributed by atoms with Crippen LogP contribution in [0.5, 0.6) is 0 Å². The molecule has 0 aliphatic heterocycles. The fourth-order valence-electron chi connectivity index (χ4n) is 0. The van der Waals surface area contributed by atoms with Crippen molar-refractivity contribution in [2.45, 2.75) is 0 Å². The summed E-state index contributed by atoms with van der Waals surface area (Å²) in [5.74, 6) is 0. The maximum atomic E-state index is 3.76. The van der Waals surface area contributed by atoms with E-state index in [2.05, 4.69) is 22.0 Å². The first-order chi connectivity index (χ1) is 1.73. The molecule has 0 heterocycles. The number of rotatable bonds is 0. The van der Waals surface area contributed by atoms with Crippen molar-refractivity contribution >= 4 is 22.0 Å². The van der Waals surface area contributed by atoms with Gasteiger partial charge < -0.3 is 0 Å². The topological polar surface area (TPSA) is 0 Å². The zero-order chi connectivity index (χ0) is 3.58. The molecule has 0 fully saturated rings. The average Bonchev–Trinajstić information content (AvgIpc) is 0.811. The molecule has 4 heteroatoms. The molecule has 0 atom stereocenters. The van der Waals surface area contributed by atoms with E-state index in [9.17, 15) is 0 Å². The first-order valence-electron chi connectivity index (χ1n) is 0.447. The van der Waals surface area contributed by atoms with E-state index in [0.717, 1.165) is 0 Å². The summed E-state index contributed by atoms with van der Waals surface area (Å²) in [6.45, 7) is 0. The van der Waals surface area contributed by atoms with E-state index in [-0.39, 0.29) is 0 Å². The summed E-state index contributed by atoms with van der Waals surface area (Å²) in [6.07, 6.45) is 0. The molecule has 0 aromatic heterocycles. The van der Waals surface area contributed by atoms with Crippen LogP contribution in [0.2, 0.25) is 0 Å². The Balaban J connectivity index is 6.97. The SMILES string of the molecule is [P]#[Co](#[P])#[P]. The molecule has 0 aliphatic rings. The van der Waals surface area contributed by atoms with Gasteiger partial charge in [0.1, 0.15) is 0 Å². The molecule has 0 unspecified atom stereocenters. The van der Waals surface area contributed by atoms with Gasteiger partial charge in [0, 0.05) is 0 Å². The van der Waals surface area contributed by atoms with Crippen molar-refractivity contribution in [3.8, 4) is 0 Å². The van der Waals surface area contributed by atoms with Gasteiger partial charge in [0.25, 0.3) is 0 Å². The second kappa shape index (κ2) is 3.00. The molecule has 0 rings (SSSR count). The summed E-state index contributed by atoms with van der Waals surface area (Å²) >= 11 is 0. The van der Waals surface area contributed by atoms with Gasteiger partial charge in [0.05, 0.1) is 0 Å². The molecular weight excluding hydrogens is 152 g/mol. The van der Waals surface area contributed by atoms with Crippen LogP contribution < -0.4 is 0 Å². The van der Waals surface area contributed by atoms with Gasteiger partial charge in [-0.25, -0.2) is 0 Å². The van der Waals surface area contributed by atoms with Crippen LogP contribution in [0.15, 0.2) is 0 Å². The Bertz CT molecular complexity index is 219. The molecule has 0 saturated carbocycles. The molecule has 24 valence electrons. The van der Waals surface area contributed by atoms with E-state index in [1.807, 2.05) is 0 Å². The van der Waals surface area contributed by atoms with Gasteiger partial charge in [-0.15, -0.1) is 0 Å². The third-order valence-corrected chi connectivity index (χ3v) is 0. The molecule has 0 bridgehead atoms. The third-order valence-electron chi connectivity index (χ3n) is 0. The summed E-state index contributed by atoms with van der Waals surface area (Å²) < 4.78 is 0. The van der Waals surface area contributed by atoms with E-state index >= 15 is 0 Å². The Morgan fingerprint density at radius 1 is 1.00 bits per heavy atom. The molecule has 0 nitrogen and oxygen atoms in total. The predicted molar refractivity (Wildman–Crippen MR) is 20.8 cm³/mol. The van der Waals surface area contributed by atoms with Gasteiger partial charge in [-0.3, -0.25) is 0 Å². The van der Waals surface area contributed by atoms with Crippen molar-refractivity contribution in [2.24, 2.45) is 0 Å². The minimum atomic E-state index is -0.521. The average molecular weight is 152 g/mol. The Morgan fingerprint density at radius 3 is 1.00 bits per heavy atom. The number of hydrogen-bond acceptors (Lipinski definition) is 0. The first kappa shape index (κ1) is 5.80. The molecule has 0 N–H and O–H groups in total. The number of hydrogen-bond donors (Lipinski definition) is 0. The van der Waals surface area contributed by atoms with Crippen LogP contribution in [0.3, 0.4) is 0 Å². The standard InChI is InChI=1S/Co.3P. The van der Waals surface area contributed by atoms with Gasteiger partial charge in [-0.2, -0.15) is 0 Å². The molecule has 0 aromatic rings. The molecule has 4 heavy (non-hydrogen) atoms.